The summed E-state index contributed by atoms with van der Waals surface area (Å²) in [5.41, 5.74) is 0. The van der Waals surface area contributed by atoms with E-state index in [9.17, 15) is 24.0 Å². The standard InChI is InChI=1S/C32H54N2O9/c1-6-21(2)41-18-10-8-12-23(4)43-30(39)15-16-34-28(37)19-25(32(40)31-26(33-31)20-29(34)38)13-14-27(36)24(5)42-22(3)11-7-9-17-35/h21-26,31,33,35H,6-20H2,1-5H3. The van der Waals surface area contributed by atoms with Crippen molar-refractivity contribution < 1.29 is 43.3 Å². The molecule has 2 saturated heterocycles. The van der Waals surface area contributed by atoms with Crippen molar-refractivity contribution in [2.24, 2.45) is 5.92 Å². The van der Waals surface area contributed by atoms with E-state index in [1.165, 1.54) is 0 Å². The number of imide groups is 1. The van der Waals surface area contributed by atoms with Gasteiger partial charge in [0, 0.05) is 51.0 Å². The van der Waals surface area contributed by atoms with Crippen LogP contribution in [-0.4, -0.2) is 95.6 Å². The molecule has 11 nitrogen and oxygen atoms in total. The topological polar surface area (TPSA) is 158 Å². The van der Waals surface area contributed by atoms with Crippen molar-refractivity contribution in [2.75, 3.05) is 19.8 Å². The van der Waals surface area contributed by atoms with E-state index < -0.39 is 35.8 Å². The van der Waals surface area contributed by atoms with Crippen LogP contribution in [0.4, 0.5) is 0 Å². The number of amides is 2. The molecule has 246 valence electrons. The van der Waals surface area contributed by atoms with E-state index in [1.807, 2.05) is 20.8 Å². The predicted molar refractivity (Wildman–Crippen MR) is 160 cm³/mol. The monoisotopic (exact) mass is 610 g/mol. The summed E-state index contributed by atoms with van der Waals surface area (Å²) in [7, 11) is 0. The molecule has 2 N–H and O–H groups in total. The Hall–Kier alpha value is -2.21. The van der Waals surface area contributed by atoms with Crippen LogP contribution in [0.2, 0.25) is 0 Å². The average molecular weight is 611 g/mol. The number of aliphatic hydroxyl groups excluding tert-OH is 1. The Balaban J connectivity index is 1.85. The Morgan fingerprint density at radius 1 is 0.930 bits per heavy atom. The van der Waals surface area contributed by atoms with Gasteiger partial charge in [0.05, 0.1) is 30.8 Å². The van der Waals surface area contributed by atoms with Gasteiger partial charge in [-0.05, 0) is 79.1 Å². The molecule has 11 heteroatoms. The van der Waals surface area contributed by atoms with Gasteiger partial charge in [0.1, 0.15) is 6.10 Å². The van der Waals surface area contributed by atoms with Crippen molar-refractivity contribution in [3.05, 3.63) is 0 Å². The normalized spacial score (nSPS) is 23.4. The number of nitrogens with zero attached hydrogens (tertiary/aromatic N) is 1. The van der Waals surface area contributed by atoms with Crippen molar-refractivity contribution in [2.45, 2.75) is 148 Å². The molecule has 43 heavy (non-hydrogen) atoms. The third kappa shape index (κ3) is 13.5. The van der Waals surface area contributed by atoms with Crippen molar-refractivity contribution in [3.63, 3.8) is 0 Å². The van der Waals surface area contributed by atoms with Gasteiger partial charge in [0.2, 0.25) is 11.8 Å². The summed E-state index contributed by atoms with van der Waals surface area (Å²) in [5, 5.41) is 12.0. The Morgan fingerprint density at radius 3 is 2.30 bits per heavy atom. The summed E-state index contributed by atoms with van der Waals surface area (Å²) in [5.74, 6) is -2.44. The van der Waals surface area contributed by atoms with Crippen LogP contribution in [0.3, 0.4) is 0 Å². The van der Waals surface area contributed by atoms with Crippen molar-refractivity contribution >= 4 is 29.4 Å². The maximum Gasteiger partial charge on any atom is 0.307 e. The lowest BCUT2D eigenvalue weighted by Crippen LogP contribution is -2.40. The van der Waals surface area contributed by atoms with Gasteiger partial charge in [-0.25, -0.2) is 0 Å². The Labute approximate surface area is 256 Å². The largest absolute Gasteiger partial charge is 0.463 e. The molecule has 0 radical (unpaired) electrons. The first kappa shape index (κ1) is 37.0. The van der Waals surface area contributed by atoms with Crippen LogP contribution in [0.25, 0.3) is 0 Å². The lowest BCUT2D eigenvalue weighted by atomic mass is 9.90. The Morgan fingerprint density at radius 2 is 1.60 bits per heavy atom. The van der Waals surface area contributed by atoms with E-state index in [-0.39, 0.29) is 81.2 Å². The predicted octanol–water partition coefficient (Wildman–Crippen LogP) is 3.27. The van der Waals surface area contributed by atoms with Crippen molar-refractivity contribution in [1.82, 2.24) is 10.2 Å². The smallest absolute Gasteiger partial charge is 0.307 e. The van der Waals surface area contributed by atoms with Crippen LogP contribution in [0.1, 0.15) is 112 Å². The van der Waals surface area contributed by atoms with Gasteiger partial charge in [-0.15, -0.1) is 0 Å². The number of unbranched alkanes of at least 4 members (excludes halogenated alkanes) is 2. The van der Waals surface area contributed by atoms with Crippen LogP contribution in [0.5, 0.6) is 0 Å². The number of esters is 1. The van der Waals surface area contributed by atoms with Gasteiger partial charge in [0.15, 0.2) is 11.6 Å². The average Bonchev–Trinajstić information content (AvgIpc) is 3.72. The van der Waals surface area contributed by atoms with E-state index in [1.54, 1.807) is 6.92 Å². The molecule has 0 spiro atoms. The fourth-order valence-corrected chi connectivity index (χ4v) is 5.28. The number of nitrogens with one attached hydrogen (secondary N) is 1. The summed E-state index contributed by atoms with van der Waals surface area (Å²) >= 11 is 0. The van der Waals surface area contributed by atoms with Crippen LogP contribution >= 0.6 is 0 Å². The third-order valence-electron chi connectivity index (χ3n) is 8.32. The number of ether oxygens (including phenoxy) is 3. The molecule has 2 rings (SSSR count). The van der Waals surface area contributed by atoms with Crippen molar-refractivity contribution in [3.8, 4) is 0 Å². The van der Waals surface area contributed by atoms with Crippen LogP contribution in [0.15, 0.2) is 0 Å². The van der Waals surface area contributed by atoms with E-state index in [2.05, 4.69) is 12.2 Å². The van der Waals surface area contributed by atoms with Gasteiger partial charge < -0.3 is 24.6 Å². The third-order valence-corrected chi connectivity index (χ3v) is 8.32. The molecule has 0 aliphatic carbocycles. The first-order valence-corrected chi connectivity index (χ1v) is 16.2. The second-order valence-corrected chi connectivity index (χ2v) is 12.1. The Bertz CT molecular complexity index is 927. The van der Waals surface area contributed by atoms with Gasteiger partial charge in [-0.1, -0.05) is 6.92 Å². The number of aliphatic hydroxyl groups is 1. The van der Waals surface area contributed by atoms with E-state index in [4.69, 9.17) is 19.3 Å². The molecule has 7 atom stereocenters. The molecule has 0 saturated carbocycles. The number of hydrogen-bond donors (Lipinski definition) is 2. The van der Waals surface area contributed by atoms with Gasteiger partial charge in [0.25, 0.3) is 0 Å². The number of carbonyl (C=O) groups excluding carboxylic acids is 5. The lowest BCUT2D eigenvalue weighted by molar-refractivity contribution is -0.151. The number of fused-ring (bicyclic) bond motifs is 1. The zero-order valence-electron chi connectivity index (χ0n) is 26.8. The lowest BCUT2D eigenvalue weighted by Gasteiger charge is -2.23. The number of rotatable bonds is 21. The highest BCUT2D eigenvalue weighted by Crippen LogP contribution is 2.28. The number of ketones is 2. The highest BCUT2D eigenvalue weighted by atomic mass is 16.5. The van der Waals surface area contributed by atoms with Crippen molar-refractivity contribution in [1.29, 1.82) is 0 Å². The van der Waals surface area contributed by atoms with E-state index in [0.717, 1.165) is 37.0 Å². The zero-order chi connectivity index (χ0) is 31.9. The molecule has 2 amide bonds. The van der Waals surface area contributed by atoms with Gasteiger partial charge in [-0.2, -0.15) is 0 Å². The first-order valence-electron chi connectivity index (χ1n) is 16.2. The van der Waals surface area contributed by atoms with Crippen LogP contribution < -0.4 is 5.32 Å². The molecule has 2 fully saturated rings. The van der Waals surface area contributed by atoms with Crippen LogP contribution in [0, 0.1) is 5.92 Å². The summed E-state index contributed by atoms with van der Waals surface area (Å²) in [6.07, 6.45) is 4.70. The molecule has 2 heterocycles. The van der Waals surface area contributed by atoms with E-state index >= 15 is 0 Å². The first-order chi connectivity index (χ1) is 20.5. The number of hydrogen-bond acceptors (Lipinski definition) is 10. The maximum absolute atomic E-state index is 13.2. The minimum absolute atomic E-state index is 0.00297. The quantitative estimate of drug-likeness (QED) is 0.0855. The summed E-state index contributed by atoms with van der Waals surface area (Å²) in [6.45, 7) is 10.2. The summed E-state index contributed by atoms with van der Waals surface area (Å²) < 4.78 is 17.0. The van der Waals surface area contributed by atoms with Gasteiger partial charge >= 0.3 is 5.97 Å². The Kier molecular flexibility index (Phi) is 16.5. The summed E-state index contributed by atoms with van der Waals surface area (Å²) in [6, 6.07) is -0.844. The summed E-state index contributed by atoms with van der Waals surface area (Å²) in [4.78, 5) is 65.6. The number of Topliss-reactive ketones (excluding diaryl/α,β-unsaturated/α-hetero) is 2. The van der Waals surface area contributed by atoms with Gasteiger partial charge in [-0.3, -0.25) is 28.9 Å². The SMILES string of the molecule is CCC(C)OCCCCC(C)OC(=O)CCN1C(=O)CC(CCC(=O)C(C)OC(C)CCCCO)C(=O)C2NC2CC1=O. The minimum Gasteiger partial charge on any atom is -0.463 e. The highest BCUT2D eigenvalue weighted by Gasteiger charge is 2.48. The molecular weight excluding hydrogens is 556 g/mol. The fourth-order valence-electron chi connectivity index (χ4n) is 5.28. The molecule has 0 aromatic carbocycles. The molecule has 7 unspecified atom stereocenters. The van der Waals surface area contributed by atoms with E-state index in [0.29, 0.717) is 19.4 Å². The molecular formula is C32H54N2O9. The molecule has 0 aromatic rings. The zero-order valence-corrected chi connectivity index (χ0v) is 26.8. The molecule has 2 aliphatic rings. The highest BCUT2D eigenvalue weighted by molar-refractivity contribution is 6.01. The minimum atomic E-state index is -0.710. The number of carbonyl (C=O) groups is 5. The second-order valence-electron chi connectivity index (χ2n) is 12.1. The molecule has 0 aromatic heterocycles. The molecule has 0 bridgehead atoms. The molecule has 2 aliphatic heterocycles. The fraction of sp³-hybridized carbons (Fsp3) is 0.844. The maximum atomic E-state index is 13.2. The van der Waals surface area contributed by atoms with Crippen LogP contribution in [-0.2, 0) is 38.2 Å². The second kappa shape index (κ2) is 19.2.